The van der Waals surface area contributed by atoms with Gasteiger partial charge in [-0.1, -0.05) is 6.08 Å². The van der Waals surface area contributed by atoms with Gasteiger partial charge in [0.25, 0.3) is 0 Å². The summed E-state index contributed by atoms with van der Waals surface area (Å²) in [4.78, 5) is 11.4. The van der Waals surface area contributed by atoms with Gasteiger partial charge < -0.3 is 19.3 Å². The normalized spacial score (nSPS) is 24.5. The lowest BCUT2D eigenvalue weighted by Gasteiger charge is -2.31. The quantitative estimate of drug-likeness (QED) is 0.585. The van der Waals surface area contributed by atoms with Crippen molar-refractivity contribution in [3.05, 3.63) is 11.6 Å². The van der Waals surface area contributed by atoms with Crippen molar-refractivity contribution in [3.8, 4) is 0 Å². The maximum absolute atomic E-state index is 11.4. The molecular weight excluding hydrogens is 224 g/mol. The molecule has 0 aromatic carbocycles. The Morgan fingerprint density at radius 1 is 1.59 bits per heavy atom. The van der Waals surface area contributed by atoms with Crippen LogP contribution in [-0.4, -0.2) is 42.8 Å². The lowest BCUT2D eigenvalue weighted by Crippen LogP contribution is -2.35. The highest BCUT2D eigenvalue weighted by molar-refractivity contribution is 5.78. The van der Waals surface area contributed by atoms with Crippen LogP contribution in [-0.2, 0) is 19.0 Å². The smallest absolute Gasteiger partial charge is 0.339 e. The number of carbonyl (C=O) groups is 1. The summed E-state index contributed by atoms with van der Waals surface area (Å²) in [5.74, 6) is -1.10. The fourth-order valence-electron chi connectivity index (χ4n) is 2.21. The Bertz CT molecular complexity index is 317. The molecule has 2 aliphatic rings. The van der Waals surface area contributed by atoms with Crippen LogP contribution in [0.4, 0.5) is 0 Å². The second-order valence-corrected chi connectivity index (χ2v) is 4.25. The monoisotopic (exact) mass is 242 g/mol. The molecule has 1 N–H and O–H groups in total. The third-order valence-corrected chi connectivity index (χ3v) is 3.14. The maximum atomic E-state index is 11.4. The number of carbonyl (C=O) groups excluding carboxylic acids is 1. The SMILES string of the molecule is CCOC(=O)C(O)C1=CCC2(CC1)OCCO2. The summed E-state index contributed by atoms with van der Waals surface area (Å²) in [6, 6.07) is 0. The predicted molar refractivity (Wildman–Crippen MR) is 59.2 cm³/mol. The van der Waals surface area contributed by atoms with Gasteiger partial charge in [0.1, 0.15) is 0 Å². The van der Waals surface area contributed by atoms with Gasteiger partial charge in [-0.15, -0.1) is 0 Å². The standard InChI is InChI=1S/C12H18O5/c1-2-15-11(14)10(13)9-3-5-12(6-4-9)16-7-8-17-12/h3,10,13H,2,4-8H2,1H3. The first kappa shape index (κ1) is 12.5. The molecule has 1 atom stereocenters. The van der Waals surface area contributed by atoms with E-state index >= 15 is 0 Å². The molecule has 0 bridgehead atoms. The summed E-state index contributed by atoms with van der Waals surface area (Å²) < 4.78 is 15.9. The zero-order valence-electron chi connectivity index (χ0n) is 9.98. The molecule has 0 aromatic heterocycles. The van der Waals surface area contributed by atoms with Crippen LogP contribution >= 0.6 is 0 Å². The number of hydrogen-bond donors (Lipinski definition) is 1. The predicted octanol–water partition coefficient (Wildman–Crippen LogP) is 0.764. The minimum Gasteiger partial charge on any atom is -0.464 e. The summed E-state index contributed by atoms with van der Waals surface area (Å²) >= 11 is 0. The van der Waals surface area contributed by atoms with Gasteiger partial charge in [-0.2, -0.15) is 0 Å². The lowest BCUT2D eigenvalue weighted by atomic mass is 9.91. The number of hydrogen-bond acceptors (Lipinski definition) is 5. The molecule has 0 saturated carbocycles. The second-order valence-electron chi connectivity index (χ2n) is 4.25. The molecular formula is C12H18O5. The minimum absolute atomic E-state index is 0.277. The first-order valence-electron chi connectivity index (χ1n) is 5.98. The number of aliphatic hydroxyl groups is 1. The molecule has 1 aliphatic heterocycles. The summed E-state index contributed by atoms with van der Waals surface area (Å²) in [6.07, 6.45) is 2.54. The molecule has 0 aromatic rings. The maximum Gasteiger partial charge on any atom is 0.339 e. The van der Waals surface area contributed by atoms with Crippen LogP contribution in [0.3, 0.4) is 0 Å². The Labute approximate surface area is 100 Å². The number of ether oxygens (including phenoxy) is 3. The fraction of sp³-hybridized carbons (Fsp3) is 0.750. The van der Waals surface area contributed by atoms with E-state index in [1.807, 2.05) is 6.08 Å². The fourth-order valence-corrected chi connectivity index (χ4v) is 2.21. The van der Waals surface area contributed by atoms with Crippen LogP contribution in [0.2, 0.25) is 0 Å². The first-order chi connectivity index (χ1) is 8.17. The van der Waals surface area contributed by atoms with Crippen molar-refractivity contribution in [1.82, 2.24) is 0 Å². The third-order valence-electron chi connectivity index (χ3n) is 3.14. The average molecular weight is 242 g/mol. The molecule has 1 saturated heterocycles. The molecule has 17 heavy (non-hydrogen) atoms. The topological polar surface area (TPSA) is 65.0 Å². The lowest BCUT2D eigenvalue weighted by molar-refractivity contribution is -0.164. The van der Waals surface area contributed by atoms with E-state index in [0.717, 1.165) is 0 Å². The van der Waals surface area contributed by atoms with E-state index in [9.17, 15) is 9.90 Å². The van der Waals surface area contributed by atoms with Gasteiger partial charge in [-0.3, -0.25) is 0 Å². The van der Waals surface area contributed by atoms with Gasteiger partial charge in [0.2, 0.25) is 0 Å². The summed E-state index contributed by atoms with van der Waals surface area (Å²) in [6.45, 7) is 3.22. The van der Waals surface area contributed by atoms with Crippen molar-refractivity contribution in [1.29, 1.82) is 0 Å². The zero-order chi connectivity index (χ0) is 12.3. The van der Waals surface area contributed by atoms with Crippen molar-refractivity contribution in [2.75, 3.05) is 19.8 Å². The highest BCUT2D eigenvalue weighted by atomic mass is 16.7. The Kier molecular flexibility index (Phi) is 3.81. The van der Waals surface area contributed by atoms with Gasteiger partial charge in [0.05, 0.1) is 19.8 Å². The van der Waals surface area contributed by atoms with E-state index in [4.69, 9.17) is 14.2 Å². The molecule has 96 valence electrons. The van der Waals surface area contributed by atoms with Crippen LogP contribution in [0.1, 0.15) is 26.2 Å². The van der Waals surface area contributed by atoms with Crippen molar-refractivity contribution in [2.24, 2.45) is 0 Å². The highest BCUT2D eigenvalue weighted by Gasteiger charge is 2.39. The van der Waals surface area contributed by atoms with Gasteiger partial charge in [-0.25, -0.2) is 4.79 Å². The molecule has 0 radical (unpaired) electrons. The number of rotatable bonds is 3. The number of aliphatic hydroxyl groups excluding tert-OH is 1. The van der Waals surface area contributed by atoms with Crippen molar-refractivity contribution < 1.29 is 24.1 Å². The van der Waals surface area contributed by atoms with Crippen molar-refractivity contribution in [3.63, 3.8) is 0 Å². The largest absolute Gasteiger partial charge is 0.464 e. The van der Waals surface area contributed by atoms with Crippen molar-refractivity contribution >= 4 is 5.97 Å². The van der Waals surface area contributed by atoms with E-state index < -0.39 is 17.9 Å². The molecule has 1 unspecified atom stereocenters. The first-order valence-corrected chi connectivity index (χ1v) is 5.98. The Morgan fingerprint density at radius 2 is 2.29 bits per heavy atom. The van der Waals surface area contributed by atoms with Crippen LogP contribution in [0.15, 0.2) is 11.6 Å². The second kappa shape index (κ2) is 5.16. The third kappa shape index (κ3) is 2.68. The van der Waals surface area contributed by atoms with E-state index in [-0.39, 0.29) is 6.61 Å². The summed E-state index contributed by atoms with van der Waals surface area (Å²) in [7, 11) is 0. The Morgan fingerprint density at radius 3 is 2.82 bits per heavy atom. The highest BCUT2D eigenvalue weighted by Crippen LogP contribution is 2.35. The van der Waals surface area contributed by atoms with Crippen molar-refractivity contribution in [2.45, 2.75) is 38.1 Å². The molecule has 1 aliphatic carbocycles. The van der Waals surface area contributed by atoms with Gasteiger partial charge in [0, 0.05) is 12.8 Å². The van der Waals surface area contributed by atoms with Crippen LogP contribution < -0.4 is 0 Å². The van der Waals surface area contributed by atoms with E-state index in [1.165, 1.54) is 0 Å². The Hall–Kier alpha value is -0.910. The van der Waals surface area contributed by atoms with E-state index in [1.54, 1.807) is 6.92 Å². The van der Waals surface area contributed by atoms with E-state index in [0.29, 0.717) is 38.0 Å². The molecule has 0 amide bonds. The molecule has 1 fully saturated rings. The van der Waals surface area contributed by atoms with Crippen LogP contribution in [0, 0.1) is 0 Å². The van der Waals surface area contributed by atoms with E-state index in [2.05, 4.69) is 0 Å². The minimum atomic E-state index is -1.14. The molecule has 5 nitrogen and oxygen atoms in total. The number of esters is 1. The summed E-state index contributed by atoms with van der Waals surface area (Å²) in [5.41, 5.74) is 0.702. The molecule has 5 heteroatoms. The molecule has 1 spiro atoms. The van der Waals surface area contributed by atoms with Gasteiger partial charge in [0.15, 0.2) is 11.9 Å². The Balaban J connectivity index is 1.95. The summed E-state index contributed by atoms with van der Waals surface area (Å²) in [5, 5.41) is 9.78. The average Bonchev–Trinajstić information content (AvgIpc) is 2.78. The molecule has 1 heterocycles. The zero-order valence-corrected chi connectivity index (χ0v) is 9.98. The van der Waals surface area contributed by atoms with Crippen LogP contribution in [0.5, 0.6) is 0 Å². The molecule has 2 rings (SSSR count). The van der Waals surface area contributed by atoms with Gasteiger partial charge in [-0.05, 0) is 18.9 Å². The van der Waals surface area contributed by atoms with Crippen LogP contribution in [0.25, 0.3) is 0 Å². The van der Waals surface area contributed by atoms with Gasteiger partial charge >= 0.3 is 5.97 Å².